The Morgan fingerprint density at radius 3 is 3.00 bits per heavy atom. The van der Waals surface area contributed by atoms with Crippen LogP contribution in [0, 0.1) is 0 Å². The van der Waals surface area contributed by atoms with Gasteiger partial charge < -0.3 is 9.88 Å². The number of aromatic nitrogens is 4. The van der Waals surface area contributed by atoms with Crippen LogP contribution < -0.4 is 5.32 Å². The van der Waals surface area contributed by atoms with E-state index in [4.69, 9.17) is 0 Å². The maximum absolute atomic E-state index is 12.0. The number of nitrogens with zero attached hydrogens (tertiary/aromatic N) is 4. The minimum Gasteiger partial charge on any atom is -0.351 e. The number of aryl methyl sites for hydroxylation is 1. The largest absolute Gasteiger partial charge is 0.351 e. The smallest absolute Gasteiger partial charge is 0.269 e. The van der Waals surface area contributed by atoms with Gasteiger partial charge in [-0.25, -0.2) is 9.97 Å². The van der Waals surface area contributed by atoms with Crippen molar-refractivity contribution in [2.45, 2.75) is 13.0 Å². The van der Waals surface area contributed by atoms with Crippen LogP contribution in [0.5, 0.6) is 0 Å². The Kier molecular flexibility index (Phi) is 3.86. The molecule has 3 aromatic heterocycles. The number of hydrogen-bond acceptors (Lipinski definition) is 4. The Hall–Kier alpha value is -2.76. The third-order valence-corrected chi connectivity index (χ3v) is 3.16. The minimum absolute atomic E-state index is 0.153. The van der Waals surface area contributed by atoms with Crippen molar-refractivity contribution in [3.05, 3.63) is 55.0 Å². The summed E-state index contributed by atoms with van der Waals surface area (Å²) in [5.74, 6) is -0.153. The van der Waals surface area contributed by atoms with Crippen molar-refractivity contribution in [3.63, 3.8) is 0 Å². The van der Waals surface area contributed by atoms with Gasteiger partial charge in [0.1, 0.15) is 5.69 Å². The normalized spacial score (nSPS) is 10.7. The predicted molar refractivity (Wildman–Crippen MR) is 78.7 cm³/mol. The zero-order chi connectivity index (χ0) is 14.5. The molecule has 0 aliphatic rings. The summed E-state index contributed by atoms with van der Waals surface area (Å²) in [6.45, 7) is 1.43. The molecule has 3 rings (SSSR count). The van der Waals surface area contributed by atoms with E-state index >= 15 is 0 Å². The molecule has 3 heterocycles. The van der Waals surface area contributed by atoms with Crippen molar-refractivity contribution in [1.29, 1.82) is 0 Å². The molecule has 0 spiro atoms. The fourth-order valence-corrected chi connectivity index (χ4v) is 2.06. The summed E-state index contributed by atoms with van der Waals surface area (Å²) in [5, 5.41) is 3.80. The van der Waals surface area contributed by atoms with Gasteiger partial charge in [-0.1, -0.05) is 0 Å². The van der Waals surface area contributed by atoms with E-state index in [1.54, 1.807) is 37.1 Å². The van der Waals surface area contributed by atoms with E-state index in [2.05, 4.69) is 20.3 Å². The Balaban J connectivity index is 1.56. The quantitative estimate of drug-likeness (QED) is 0.722. The molecule has 6 heteroatoms. The molecule has 21 heavy (non-hydrogen) atoms. The van der Waals surface area contributed by atoms with Crippen molar-refractivity contribution >= 4 is 16.8 Å². The van der Waals surface area contributed by atoms with Crippen molar-refractivity contribution in [2.75, 3.05) is 6.54 Å². The second-order valence-electron chi connectivity index (χ2n) is 4.67. The van der Waals surface area contributed by atoms with Crippen LogP contribution in [0.1, 0.15) is 16.9 Å². The molecule has 0 aliphatic carbocycles. The summed E-state index contributed by atoms with van der Waals surface area (Å²) >= 11 is 0. The topological polar surface area (TPSA) is 72.7 Å². The van der Waals surface area contributed by atoms with Gasteiger partial charge in [0.05, 0.1) is 11.8 Å². The number of fused-ring (bicyclic) bond motifs is 1. The Bertz CT molecular complexity index is 739. The zero-order valence-electron chi connectivity index (χ0n) is 11.4. The summed E-state index contributed by atoms with van der Waals surface area (Å²) < 4.78 is 1.98. The predicted octanol–water partition coefficient (Wildman–Crippen LogP) is 1.65. The average molecular weight is 281 g/mol. The van der Waals surface area contributed by atoms with Gasteiger partial charge in [-0.3, -0.25) is 9.78 Å². The van der Waals surface area contributed by atoms with E-state index < -0.39 is 0 Å². The maximum atomic E-state index is 12.0. The molecule has 0 saturated carbocycles. The van der Waals surface area contributed by atoms with Gasteiger partial charge in [0.15, 0.2) is 0 Å². The molecule has 0 fully saturated rings. The van der Waals surface area contributed by atoms with Crippen LogP contribution in [-0.4, -0.2) is 32.0 Å². The lowest BCUT2D eigenvalue weighted by atomic mass is 10.2. The number of nitrogens with one attached hydrogen (secondary N) is 1. The van der Waals surface area contributed by atoms with Crippen LogP contribution in [0.15, 0.2) is 49.3 Å². The standard InChI is InChI=1S/C15H15N5O/c21-15(18-5-1-8-20-9-7-17-11-20)14-3-2-12-10-16-6-4-13(12)19-14/h2-4,6-7,9-11H,1,5,8H2,(H,18,21). The Morgan fingerprint density at radius 1 is 1.19 bits per heavy atom. The van der Waals surface area contributed by atoms with Gasteiger partial charge in [-0.15, -0.1) is 0 Å². The fourth-order valence-electron chi connectivity index (χ4n) is 2.06. The number of imidazole rings is 1. The molecule has 0 aromatic carbocycles. The lowest BCUT2D eigenvalue weighted by Crippen LogP contribution is -2.26. The first-order valence-electron chi connectivity index (χ1n) is 6.78. The fraction of sp³-hybridized carbons (Fsp3) is 0.200. The van der Waals surface area contributed by atoms with Gasteiger partial charge in [-0.05, 0) is 24.6 Å². The van der Waals surface area contributed by atoms with Crippen LogP contribution in [0.3, 0.4) is 0 Å². The summed E-state index contributed by atoms with van der Waals surface area (Å²) in [6.07, 6.45) is 9.66. The van der Waals surface area contributed by atoms with E-state index in [1.807, 2.05) is 16.8 Å². The van der Waals surface area contributed by atoms with Crippen LogP contribution in [0.2, 0.25) is 0 Å². The van der Waals surface area contributed by atoms with Gasteiger partial charge in [0.2, 0.25) is 0 Å². The second kappa shape index (κ2) is 6.13. The van der Waals surface area contributed by atoms with E-state index in [0.717, 1.165) is 23.9 Å². The van der Waals surface area contributed by atoms with Crippen molar-refractivity contribution in [1.82, 2.24) is 24.8 Å². The summed E-state index contributed by atoms with van der Waals surface area (Å²) in [7, 11) is 0. The summed E-state index contributed by atoms with van der Waals surface area (Å²) in [6, 6.07) is 5.37. The molecule has 0 bridgehead atoms. The molecule has 0 radical (unpaired) electrons. The average Bonchev–Trinajstić information content (AvgIpc) is 3.04. The van der Waals surface area contributed by atoms with Crippen molar-refractivity contribution < 1.29 is 4.79 Å². The first-order chi connectivity index (χ1) is 10.3. The van der Waals surface area contributed by atoms with Crippen LogP contribution in [0.25, 0.3) is 10.9 Å². The molecule has 3 aromatic rings. The first kappa shape index (κ1) is 13.2. The molecule has 106 valence electrons. The first-order valence-corrected chi connectivity index (χ1v) is 6.78. The van der Waals surface area contributed by atoms with Gasteiger partial charge in [0, 0.05) is 43.3 Å². The van der Waals surface area contributed by atoms with Crippen LogP contribution in [0.4, 0.5) is 0 Å². The molecule has 0 aliphatic heterocycles. The van der Waals surface area contributed by atoms with E-state index in [1.165, 1.54) is 0 Å². The van der Waals surface area contributed by atoms with Crippen molar-refractivity contribution in [2.24, 2.45) is 0 Å². The molecular formula is C15H15N5O. The summed E-state index contributed by atoms with van der Waals surface area (Å²) in [4.78, 5) is 24.4. The highest BCUT2D eigenvalue weighted by Crippen LogP contribution is 2.10. The molecule has 0 unspecified atom stereocenters. The summed E-state index contributed by atoms with van der Waals surface area (Å²) in [5.41, 5.74) is 1.20. The van der Waals surface area contributed by atoms with Crippen molar-refractivity contribution in [3.8, 4) is 0 Å². The number of rotatable bonds is 5. The van der Waals surface area contributed by atoms with Crippen LogP contribution >= 0.6 is 0 Å². The lowest BCUT2D eigenvalue weighted by molar-refractivity contribution is 0.0948. The highest BCUT2D eigenvalue weighted by Gasteiger charge is 2.07. The highest BCUT2D eigenvalue weighted by atomic mass is 16.1. The molecule has 1 amide bonds. The third-order valence-electron chi connectivity index (χ3n) is 3.16. The maximum Gasteiger partial charge on any atom is 0.269 e. The number of amides is 1. The second-order valence-corrected chi connectivity index (χ2v) is 4.67. The number of pyridine rings is 2. The molecule has 1 N–H and O–H groups in total. The monoisotopic (exact) mass is 281 g/mol. The highest BCUT2D eigenvalue weighted by molar-refractivity contribution is 5.94. The zero-order valence-corrected chi connectivity index (χ0v) is 11.4. The molecular weight excluding hydrogens is 266 g/mol. The van der Waals surface area contributed by atoms with E-state index in [0.29, 0.717) is 12.2 Å². The number of carbonyl (C=O) groups is 1. The van der Waals surface area contributed by atoms with Gasteiger partial charge >= 0.3 is 0 Å². The minimum atomic E-state index is -0.153. The van der Waals surface area contributed by atoms with E-state index in [-0.39, 0.29) is 5.91 Å². The number of hydrogen-bond donors (Lipinski definition) is 1. The van der Waals surface area contributed by atoms with Crippen LogP contribution in [-0.2, 0) is 6.54 Å². The third kappa shape index (κ3) is 3.22. The molecule has 0 atom stereocenters. The van der Waals surface area contributed by atoms with Gasteiger partial charge in [0.25, 0.3) is 5.91 Å². The SMILES string of the molecule is O=C(NCCCn1ccnc1)c1ccc2cnccc2n1. The Morgan fingerprint density at radius 2 is 2.14 bits per heavy atom. The lowest BCUT2D eigenvalue weighted by Gasteiger charge is -2.06. The molecule has 6 nitrogen and oxygen atoms in total. The Labute approximate surface area is 121 Å². The number of carbonyl (C=O) groups excluding carboxylic acids is 1. The van der Waals surface area contributed by atoms with E-state index in [9.17, 15) is 4.79 Å². The molecule has 0 saturated heterocycles. The van der Waals surface area contributed by atoms with Gasteiger partial charge in [-0.2, -0.15) is 0 Å².